The average Bonchev–Trinajstić information content (AvgIpc) is 2.83. The zero-order valence-electron chi connectivity index (χ0n) is 20.5. The molecule has 1 saturated carbocycles. The van der Waals surface area contributed by atoms with Crippen molar-refractivity contribution in [2.75, 3.05) is 19.0 Å². The lowest BCUT2D eigenvalue weighted by molar-refractivity contribution is -0.116. The van der Waals surface area contributed by atoms with Gasteiger partial charge in [-0.05, 0) is 73.6 Å². The van der Waals surface area contributed by atoms with Crippen molar-refractivity contribution in [2.24, 2.45) is 0 Å². The highest BCUT2D eigenvalue weighted by molar-refractivity contribution is 9.10. The summed E-state index contributed by atoms with van der Waals surface area (Å²) in [7, 11) is -2.49. The molecular weight excluding hydrogens is 516 g/mol. The summed E-state index contributed by atoms with van der Waals surface area (Å²) < 4.78 is 35.6. The second-order valence-electron chi connectivity index (χ2n) is 8.85. The third-order valence-corrected chi connectivity index (χ3v) is 8.86. The lowest BCUT2D eigenvalue weighted by atomic mass is 9.95. The topological polar surface area (TPSA) is 75.7 Å². The van der Waals surface area contributed by atoms with Gasteiger partial charge in [-0.1, -0.05) is 55.1 Å². The monoisotopic (exact) mass is 550 g/mol. The third-order valence-electron chi connectivity index (χ3n) is 6.48. The van der Waals surface area contributed by atoms with Crippen molar-refractivity contribution in [2.45, 2.75) is 76.7 Å². The minimum Gasteiger partial charge on any atom is -0.495 e. The Morgan fingerprint density at radius 3 is 2.26 bits per heavy atom. The predicted octanol–water partition coefficient (Wildman–Crippen LogP) is 5.85. The molecule has 34 heavy (non-hydrogen) atoms. The number of aryl methyl sites for hydroxylation is 3. The van der Waals surface area contributed by atoms with Crippen LogP contribution in [0.3, 0.4) is 0 Å². The number of benzene rings is 2. The number of hydrogen-bond donors (Lipinski definition) is 1. The molecule has 0 atom stereocenters. The van der Waals surface area contributed by atoms with Gasteiger partial charge in [0, 0.05) is 16.2 Å². The molecule has 1 aliphatic carbocycles. The van der Waals surface area contributed by atoms with Gasteiger partial charge in [-0.2, -0.15) is 4.31 Å². The first kappa shape index (κ1) is 26.7. The molecule has 0 heterocycles. The van der Waals surface area contributed by atoms with Crippen molar-refractivity contribution in [3.8, 4) is 5.75 Å². The Hall–Kier alpha value is -1.90. The maximum absolute atomic E-state index is 13.9. The third kappa shape index (κ3) is 6.01. The van der Waals surface area contributed by atoms with Crippen LogP contribution in [-0.2, 0) is 27.7 Å². The second-order valence-corrected chi connectivity index (χ2v) is 11.6. The predicted molar refractivity (Wildman–Crippen MR) is 140 cm³/mol. The number of carbonyl (C=O) groups excluding carboxylic acids is 1. The number of rotatable bonds is 9. The minimum atomic E-state index is -3.95. The van der Waals surface area contributed by atoms with Crippen molar-refractivity contribution >= 4 is 37.5 Å². The van der Waals surface area contributed by atoms with Gasteiger partial charge in [0.15, 0.2) is 0 Å². The molecule has 1 amide bonds. The molecule has 3 rings (SSSR count). The molecule has 0 unspecified atom stereocenters. The number of hydrogen-bond acceptors (Lipinski definition) is 4. The maximum Gasteiger partial charge on any atom is 0.247 e. The second kappa shape index (κ2) is 11.7. The molecule has 0 spiro atoms. The maximum atomic E-state index is 13.9. The van der Waals surface area contributed by atoms with E-state index >= 15 is 0 Å². The van der Waals surface area contributed by atoms with E-state index in [2.05, 4.69) is 21.2 Å². The van der Waals surface area contributed by atoms with Crippen LogP contribution in [0.4, 0.5) is 5.69 Å². The number of nitrogens with zero attached hydrogens (tertiary/aromatic N) is 1. The van der Waals surface area contributed by atoms with Crippen LogP contribution in [0.1, 0.15) is 62.6 Å². The number of methoxy groups -OCH3 is 1. The summed E-state index contributed by atoms with van der Waals surface area (Å²) in [4.78, 5) is 13.4. The summed E-state index contributed by atoms with van der Waals surface area (Å²) in [5.41, 5.74) is 3.65. The number of sulfonamides is 1. The summed E-state index contributed by atoms with van der Waals surface area (Å²) in [5, 5.41) is 3.04. The average molecular weight is 552 g/mol. The lowest BCUT2D eigenvalue weighted by Crippen LogP contribution is -2.45. The molecule has 186 valence electrons. The number of anilines is 1. The fraction of sp³-hybridized carbons (Fsp3) is 0.500. The number of ether oxygens (including phenoxy) is 1. The summed E-state index contributed by atoms with van der Waals surface area (Å²) in [6, 6.07) is 8.91. The van der Waals surface area contributed by atoms with Gasteiger partial charge < -0.3 is 10.1 Å². The van der Waals surface area contributed by atoms with Gasteiger partial charge in [0.1, 0.15) is 10.6 Å². The minimum absolute atomic E-state index is 0.112. The van der Waals surface area contributed by atoms with Crippen molar-refractivity contribution in [3.05, 3.63) is 51.5 Å². The summed E-state index contributed by atoms with van der Waals surface area (Å²) in [6.45, 7) is 5.70. The smallest absolute Gasteiger partial charge is 0.247 e. The SMILES string of the molecule is CCc1cc(Br)cc(CC)c1NC(=O)CN(C1CCCCC1)S(=O)(=O)c1cc(C)ccc1OC. The van der Waals surface area contributed by atoms with Crippen molar-refractivity contribution in [1.82, 2.24) is 4.31 Å². The zero-order chi connectivity index (χ0) is 24.9. The van der Waals surface area contributed by atoms with Crippen molar-refractivity contribution in [3.63, 3.8) is 0 Å². The molecule has 0 saturated heterocycles. The highest BCUT2D eigenvalue weighted by atomic mass is 79.9. The van der Waals surface area contributed by atoms with E-state index in [4.69, 9.17) is 4.74 Å². The molecule has 8 heteroatoms. The Morgan fingerprint density at radius 2 is 1.71 bits per heavy atom. The Morgan fingerprint density at radius 1 is 1.09 bits per heavy atom. The van der Waals surface area contributed by atoms with E-state index in [1.165, 1.54) is 11.4 Å². The van der Waals surface area contributed by atoms with Crippen LogP contribution in [-0.4, -0.2) is 38.3 Å². The van der Waals surface area contributed by atoms with E-state index < -0.39 is 10.0 Å². The van der Waals surface area contributed by atoms with Crippen LogP contribution >= 0.6 is 15.9 Å². The fourth-order valence-corrected chi connectivity index (χ4v) is 7.09. The Labute approximate surface area is 212 Å². The van der Waals surface area contributed by atoms with E-state index in [1.54, 1.807) is 12.1 Å². The molecule has 0 bridgehead atoms. The number of nitrogens with one attached hydrogen (secondary N) is 1. The van der Waals surface area contributed by atoms with Crippen molar-refractivity contribution < 1.29 is 17.9 Å². The molecule has 1 aliphatic rings. The molecule has 1 fully saturated rings. The Balaban J connectivity index is 1.97. The zero-order valence-corrected chi connectivity index (χ0v) is 22.9. The molecular formula is C26H35BrN2O4S. The highest BCUT2D eigenvalue weighted by Gasteiger charge is 2.36. The van der Waals surface area contributed by atoms with Crippen LogP contribution in [0, 0.1) is 6.92 Å². The Bertz CT molecular complexity index is 1100. The first-order valence-electron chi connectivity index (χ1n) is 12.0. The number of halogens is 1. The molecule has 0 radical (unpaired) electrons. The van der Waals surface area contributed by atoms with Gasteiger partial charge in [0.2, 0.25) is 15.9 Å². The van der Waals surface area contributed by atoms with Crippen molar-refractivity contribution in [1.29, 1.82) is 0 Å². The van der Waals surface area contributed by atoms with Crippen LogP contribution < -0.4 is 10.1 Å². The van der Waals surface area contributed by atoms with Gasteiger partial charge in [0.25, 0.3) is 0 Å². The summed E-state index contributed by atoms with van der Waals surface area (Å²) >= 11 is 3.55. The van der Waals surface area contributed by atoms with Gasteiger partial charge in [-0.3, -0.25) is 4.79 Å². The molecule has 2 aromatic carbocycles. The van der Waals surface area contributed by atoms with E-state index in [1.807, 2.05) is 39.0 Å². The van der Waals surface area contributed by atoms with Gasteiger partial charge >= 0.3 is 0 Å². The molecule has 1 N–H and O–H groups in total. The summed E-state index contributed by atoms with van der Waals surface area (Å²) in [6.07, 6.45) is 6.01. The molecule has 6 nitrogen and oxygen atoms in total. The van der Waals surface area contributed by atoms with Crippen LogP contribution in [0.25, 0.3) is 0 Å². The summed E-state index contributed by atoms with van der Waals surface area (Å²) in [5.74, 6) is -0.0336. The number of amides is 1. The van der Waals surface area contributed by atoms with Crippen LogP contribution in [0.5, 0.6) is 5.75 Å². The van der Waals surface area contributed by atoms with Gasteiger partial charge in [-0.25, -0.2) is 8.42 Å². The van der Waals surface area contributed by atoms with E-state index in [-0.39, 0.29) is 23.4 Å². The Kier molecular flexibility index (Phi) is 9.18. The highest BCUT2D eigenvalue weighted by Crippen LogP contribution is 2.33. The van der Waals surface area contributed by atoms with E-state index in [9.17, 15) is 13.2 Å². The van der Waals surface area contributed by atoms with Crippen LogP contribution in [0.2, 0.25) is 0 Å². The molecule has 2 aromatic rings. The number of carbonyl (C=O) groups is 1. The van der Waals surface area contributed by atoms with E-state index in [0.29, 0.717) is 5.75 Å². The first-order chi connectivity index (χ1) is 16.2. The largest absolute Gasteiger partial charge is 0.495 e. The standard InChI is InChI=1S/C26H35BrN2O4S/c1-5-19-15-21(27)16-20(6-2)26(19)28-25(30)17-29(22-10-8-7-9-11-22)34(31,32)24-14-18(3)12-13-23(24)33-4/h12-16,22H,5-11,17H2,1-4H3,(H,28,30). The van der Waals surface area contributed by atoms with E-state index in [0.717, 1.165) is 71.8 Å². The normalized spacial score (nSPS) is 14.9. The van der Waals surface area contributed by atoms with Crippen LogP contribution in [0.15, 0.2) is 39.7 Å². The lowest BCUT2D eigenvalue weighted by Gasteiger charge is -2.33. The van der Waals surface area contributed by atoms with Gasteiger partial charge in [0.05, 0.1) is 13.7 Å². The quantitative estimate of drug-likeness (QED) is 0.424. The molecule has 0 aliphatic heterocycles. The molecule has 0 aromatic heterocycles. The van der Waals surface area contributed by atoms with Gasteiger partial charge in [-0.15, -0.1) is 0 Å². The fourth-order valence-electron chi connectivity index (χ4n) is 4.66. The first-order valence-corrected chi connectivity index (χ1v) is 14.2.